The Labute approximate surface area is 234 Å². The number of carbonyl (C=O) groups is 2. The molecule has 2 fully saturated rings. The molecule has 10 nitrogen and oxygen atoms in total. The van der Waals surface area contributed by atoms with Crippen LogP contribution in [0.15, 0.2) is 45.6 Å². The van der Waals surface area contributed by atoms with Gasteiger partial charge >= 0.3 is 11.8 Å². The largest absolute Gasteiger partial charge is 0.444 e. The monoisotopic (exact) mass is 553 g/mol. The van der Waals surface area contributed by atoms with Gasteiger partial charge in [-0.1, -0.05) is 18.2 Å². The van der Waals surface area contributed by atoms with Gasteiger partial charge in [0.25, 0.3) is 0 Å². The van der Waals surface area contributed by atoms with E-state index in [4.69, 9.17) is 18.0 Å². The number of nitriles is 1. The fourth-order valence-electron chi connectivity index (χ4n) is 5.27. The zero-order chi connectivity index (χ0) is 31.3. The lowest BCUT2D eigenvalue weighted by Crippen LogP contribution is -2.53. The van der Waals surface area contributed by atoms with Gasteiger partial charge in [0.1, 0.15) is 23.5 Å². The lowest BCUT2D eigenvalue weighted by molar-refractivity contribution is -0.126. The molecule has 2 saturated heterocycles. The van der Waals surface area contributed by atoms with Gasteiger partial charge in [0.15, 0.2) is 5.58 Å². The van der Waals surface area contributed by atoms with Gasteiger partial charge in [0.05, 0.1) is 30.8 Å². The quantitative estimate of drug-likeness (QED) is 0.512. The van der Waals surface area contributed by atoms with Crippen LogP contribution in [-0.2, 0) is 27.7 Å². The average Bonchev–Trinajstić information content (AvgIpc) is 3.59. The van der Waals surface area contributed by atoms with Crippen LogP contribution in [0.25, 0.3) is 22.2 Å². The Morgan fingerprint density at radius 2 is 2.00 bits per heavy atom. The number of hydrogen-bond donors (Lipinski definition) is 1. The van der Waals surface area contributed by atoms with E-state index >= 15 is 4.39 Å². The summed E-state index contributed by atoms with van der Waals surface area (Å²) in [6, 6.07) is 8.48. The molecule has 11 heteroatoms. The van der Waals surface area contributed by atoms with E-state index in [1.807, 2.05) is 6.07 Å². The van der Waals surface area contributed by atoms with Crippen LogP contribution < -0.4 is 11.1 Å². The van der Waals surface area contributed by atoms with E-state index in [9.17, 15) is 19.6 Å². The maximum absolute atomic E-state index is 15.3. The number of halogens is 1. The van der Waals surface area contributed by atoms with Crippen molar-refractivity contribution in [2.45, 2.75) is 57.3 Å². The standard InChI is InChI=1S/C29H31FN4O6/c1-29(2,3)40-28(37)34-23(12-19-14-38-15-24(19)34)26(35)32-20(13-31)9-18-6-5-16(10-21(18)30)17-7-8-25-22(11-17)33(4)27(36)39-25/h5-8,10-11,19-20,23-24H,9,12,14-15H2,1-4H3,(H,32,35)/t19-,20+,23+,24+/m1/s1/i4D3. The Balaban J connectivity index is 1.32. The first-order valence-electron chi connectivity index (χ1n) is 14.4. The van der Waals surface area contributed by atoms with Gasteiger partial charge in [0.2, 0.25) is 5.91 Å². The Kier molecular flexibility index (Phi) is 6.18. The topological polar surface area (TPSA) is 127 Å². The number of fused-ring (bicyclic) bond motifs is 2. The van der Waals surface area contributed by atoms with Crippen LogP contribution in [-0.4, -0.2) is 58.4 Å². The zero-order valence-electron chi connectivity index (χ0n) is 25.3. The SMILES string of the molecule is [2H]C([2H])([2H])n1c(=O)oc2ccc(-c3ccc(C[C@@H](C#N)NC(=O)[C@@H]4C[C@@H]5COC[C@@H]5N4C(=O)OC(C)(C)C)c(F)c3)cc21. The van der Waals surface area contributed by atoms with E-state index < -0.39 is 48.2 Å². The minimum Gasteiger partial charge on any atom is -0.444 e. The highest BCUT2D eigenvalue weighted by Crippen LogP contribution is 2.36. The number of aryl methyl sites for hydroxylation is 1. The summed E-state index contributed by atoms with van der Waals surface area (Å²) in [6.45, 7) is 3.13. The molecule has 2 aliphatic heterocycles. The number of likely N-dealkylation sites (tertiary alicyclic amines) is 1. The normalized spacial score (nSPS) is 22.6. The number of rotatable bonds is 5. The highest BCUT2D eigenvalue weighted by atomic mass is 19.1. The molecule has 0 bridgehead atoms. The van der Waals surface area contributed by atoms with Gasteiger partial charge in [-0.2, -0.15) is 5.26 Å². The van der Waals surface area contributed by atoms with Crippen molar-refractivity contribution >= 4 is 23.1 Å². The number of aromatic nitrogens is 1. The van der Waals surface area contributed by atoms with E-state index in [2.05, 4.69) is 5.32 Å². The Morgan fingerprint density at radius 3 is 2.70 bits per heavy atom. The van der Waals surface area contributed by atoms with E-state index in [1.165, 1.54) is 29.2 Å². The maximum atomic E-state index is 15.3. The van der Waals surface area contributed by atoms with Gasteiger partial charge in [-0.3, -0.25) is 14.3 Å². The van der Waals surface area contributed by atoms with Crippen molar-refractivity contribution in [3.05, 3.63) is 58.3 Å². The first-order valence-corrected chi connectivity index (χ1v) is 12.9. The van der Waals surface area contributed by atoms with E-state index in [1.54, 1.807) is 32.9 Å². The number of hydrogen-bond acceptors (Lipinski definition) is 7. The smallest absolute Gasteiger partial charge is 0.419 e. The summed E-state index contributed by atoms with van der Waals surface area (Å²) >= 11 is 0. The van der Waals surface area contributed by atoms with Crippen molar-refractivity contribution in [2.75, 3.05) is 13.2 Å². The number of amides is 2. The molecule has 210 valence electrons. The van der Waals surface area contributed by atoms with Crippen LogP contribution in [0, 0.1) is 23.1 Å². The summed E-state index contributed by atoms with van der Waals surface area (Å²) in [5.41, 5.74) is 0.369. The van der Waals surface area contributed by atoms with Crippen molar-refractivity contribution < 1.29 is 32.0 Å². The van der Waals surface area contributed by atoms with Crippen LogP contribution in [0.5, 0.6) is 0 Å². The summed E-state index contributed by atoms with van der Waals surface area (Å²) in [5.74, 6) is -2.24. The Hall–Kier alpha value is -4.17. The second kappa shape index (κ2) is 10.4. The molecule has 2 amide bonds. The van der Waals surface area contributed by atoms with Crippen LogP contribution in [0.1, 0.15) is 36.9 Å². The van der Waals surface area contributed by atoms with Gasteiger partial charge in [-0.15, -0.1) is 0 Å². The summed E-state index contributed by atoms with van der Waals surface area (Å²) in [7, 11) is 0. The number of oxazole rings is 1. The number of nitrogens with zero attached hydrogens (tertiary/aromatic N) is 3. The number of carbonyl (C=O) groups excluding carboxylic acids is 2. The first kappa shape index (κ1) is 23.7. The van der Waals surface area contributed by atoms with Crippen LogP contribution in [0.4, 0.5) is 9.18 Å². The molecular weight excluding hydrogens is 519 g/mol. The maximum Gasteiger partial charge on any atom is 0.419 e. The highest BCUT2D eigenvalue weighted by Gasteiger charge is 2.51. The second-order valence-electron chi connectivity index (χ2n) is 11.1. The molecule has 2 aromatic carbocycles. The number of nitrogens with one attached hydrogen (secondary N) is 1. The molecular formula is C29H31FN4O6. The molecule has 0 spiro atoms. The van der Waals surface area contributed by atoms with Gasteiger partial charge in [-0.25, -0.2) is 14.0 Å². The predicted molar refractivity (Wildman–Crippen MR) is 143 cm³/mol. The summed E-state index contributed by atoms with van der Waals surface area (Å²) in [6.07, 6.45) is -0.415. The van der Waals surface area contributed by atoms with Gasteiger partial charge < -0.3 is 19.2 Å². The fraction of sp³-hybridized carbons (Fsp3) is 0.448. The fourth-order valence-corrected chi connectivity index (χ4v) is 5.27. The summed E-state index contributed by atoms with van der Waals surface area (Å²) < 4.78 is 54.8. The molecule has 40 heavy (non-hydrogen) atoms. The molecule has 0 unspecified atom stereocenters. The van der Waals surface area contributed by atoms with Crippen LogP contribution >= 0.6 is 0 Å². The molecule has 1 aromatic heterocycles. The predicted octanol–water partition coefficient (Wildman–Crippen LogP) is 3.51. The van der Waals surface area contributed by atoms with E-state index in [-0.39, 0.29) is 41.7 Å². The lowest BCUT2D eigenvalue weighted by atomic mass is 9.99. The van der Waals surface area contributed by atoms with Crippen molar-refractivity contribution in [1.82, 2.24) is 14.8 Å². The average molecular weight is 554 g/mol. The minimum atomic E-state index is -2.76. The third kappa shape index (κ3) is 5.31. The molecule has 0 radical (unpaired) electrons. The molecule has 2 aliphatic rings. The summed E-state index contributed by atoms with van der Waals surface area (Å²) in [5, 5.41) is 12.4. The molecule has 0 aliphatic carbocycles. The van der Waals surface area contributed by atoms with Crippen LogP contribution in [0.3, 0.4) is 0 Å². The second-order valence-corrected chi connectivity index (χ2v) is 11.1. The van der Waals surface area contributed by atoms with Crippen molar-refractivity contribution in [2.24, 2.45) is 12.9 Å². The number of ether oxygens (including phenoxy) is 2. The number of benzene rings is 2. The van der Waals surface area contributed by atoms with Crippen molar-refractivity contribution in [3.63, 3.8) is 0 Å². The lowest BCUT2D eigenvalue weighted by Gasteiger charge is -2.31. The van der Waals surface area contributed by atoms with E-state index in [0.717, 1.165) is 0 Å². The third-order valence-electron chi connectivity index (χ3n) is 7.15. The minimum absolute atomic E-state index is 0.0375. The molecule has 4 atom stereocenters. The molecule has 5 rings (SSSR count). The van der Waals surface area contributed by atoms with Crippen LogP contribution in [0.2, 0.25) is 0 Å². The molecule has 0 saturated carbocycles. The Bertz CT molecular complexity index is 1670. The Morgan fingerprint density at radius 1 is 1.25 bits per heavy atom. The molecule has 1 N–H and O–H groups in total. The zero-order valence-corrected chi connectivity index (χ0v) is 22.3. The molecule has 3 heterocycles. The van der Waals surface area contributed by atoms with Crippen molar-refractivity contribution in [3.8, 4) is 17.2 Å². The third-order valence-corrected chi connectivity index (χ3v) is 7.15. The van der Waals surface area contributed by atoms with Gasteiger partial charge in [0, 0.05) is 23.4 Å². The van der Waals surface area contributed by atoms with Crippen molar-refractivity contribution in [1.29, 1.82) is 5.26 Å². The van der Waals surface area contributed by atoms with E-state index in [0.29, 0.717) is 28.7 Å². The highest BCUT2D eigenvalue weighted by molar-refractivity contribution is 5.87. The van der Waals surface area contributed by atoms with Gasteiger partial charge in [-0.05, 0) is 62.1 Å². The molecule has 3 aromatic rings. The first-order chi connectivity index (χ1) is 20.2. The summed E-state index contributed by atoms with van der Waals surface area (Å²) in [4.78, 5) is 39.8.